The summed E-state index contributed by atoms with van der Waals surface area (Å²) >= 11 is 2.71. The quantitative estimate of drug-likeness (QED) is 0.511. The highest BCUT2D eigenvalue weighted by Crippen LogP contribution is 2.37. The molecule has 0 radical (unpaired) electrons. The number of aromatic nitrogens is 2. The summed E-state index contributed by atoms with van der Waals surface area (Å²) in [7, 11) is 1.37. The van der Waals surface area contributed by atoms with Crippen LogP contribution in [0.4, 0.5) is 0 Å². The minimum atomic E-state index is -0.516. The Kier molecular flexibility index (Phi) is 4.78. The van der Waals surface area contributed by atoms with E-state index in [1.807, 2.05) is 48.0 Å². The summed E-state index contributed by atoms with van der Waals surface area (Å²) in [6.45, 7) is 2.01. The SMILES string of the molecule is COC(=O)[C@@H](Sc1nnc(-c2ccc(C)cc2)o1)c1ccsc1. The lowest BCUT2D eigenvalue weighted by atomic mass is 10.1. The van der Waals surface area contributed by atoms with Gasteiger partial charge in [0.2, 0.25) is 5.89 Å². The maximum absolute atomic E-state index is 12.0. The third-order valence-electron chi connectivity index (χ3n) is 3.18. The van der Waals surface area contributed by atoms with Gasteiger partial charge in [-0.3, -0.25) is 4.79 Å². The number of esters is 1. The Labute approximate surface area is 141 Å². The van der Waals surface area contributed by atoms with Gasteiger partial charge < -0.3 is 9.15 Å². The van der Waals surface area contributed by atoms with Crippen LogP contribution >= 0.6 is 23.1 Å². The highest BCUT2D eigenvalue weighted by molar-refractivity contribution is 8.00. The predicted octanol–water partition coefficient (Wildman–Crippen LogP) is 4.11. The first-order valence-electron chi connectivity index (χ1n) is 6.84. The fraction of sp³-hybridized carbons (Fsp3) is 0.188. The maximum Gasteiger partial charge on any atom is 0.323 e. The number of carbonyl (C=O) groups excluding carboxylic acids is 1. The van der Waals surface area contributed by atoms with Crippen LogP contribution < -0.4 is 0 Å². The molecule has 2 heterocycles. The van der Waals surface area contributed by atoms with E-state index in [0.717, 1.165) is 16.7 Å². The third kappa shape index (κ3) is 3.62. The van der Waals surface area contributed by atoms with Crippen molar-refractivity contribution in [3.63, 3.8) is 0 Å². The first-order chi connectivity index (χ1) is 11.2. The third-order valence-corrected chi connectivity index (χ3v) is 4.95. The van der Waals surface area contributed by atoms with Crippen LogP contribution in [0.5, 0.6) is 0 Å². The number of methoxy groups -OCH3 is 1. The number of ether oxygens (including phenoxy) is 1. The second-order valence-corrected chi connectivity index (χ2v) is 6.65. The molecule has 0 N–H and O–H groups in total. The van der Waals surface area contributed by atoms with Gasteiger partial charge in [-0.25, -0.2) is 0 Å². The summed E-state index contributed by atoms with van der Waals surface area (Å²) in [6, 6.07) is 9.70. The van der Waals surface area contributed by atoms with E-state index in [9.17, 15) is 4.79 Å². The smallest absolute Gasteiger partial charge is 0.323 e. The van der Waals surface area contributed by atoms with Crippen LogP contribution in [0.2, 0.25) is 0 Å². The lowest BCUT2D eigenvalue weighted by molar-refractivity contribution is -0.140. The number of hydrogen-bond acceptors (Lipinski definition) is 7. The molecule has 7 heteroatoms. The van der Waals surface area contributed by atoms with E-state index >= 15 is 0 Å². The van der Waals surface area contributed by atoms with Crippen molar-refractivity contribution < 1.29 is 13.9 Å². The molecule has 0 fully saturated rings. The average Bonchev–Trinajstić information content (AvgIpc) is 3.24. The second kappa shape index (κ2) is 6.97. The number of nitrogens with zero attached hydrogens (tertiary/aromatic N) is 2. The zero-order valence-electron chi connectivity index (χ0n) is 12.6. The summed E-state index contributed by atoms with van der Waals surface area (Å²) in [6.07, 6.45) is 0. The summed E-state index contributed by atoms with van der Waals surface area (Å²) < 4.78 is 10.5. The van der Waals surface area contributed by atoms with Crippen molar-refractivity contribution in [3.8, 4) is 11.5 Å². The molecule has 0 saturated carbocycles. The molecular weight excluding hydrogens is 332 g/mol. The van der Waals surface area contributed by atoms with Gasteiger partial charge in [-0.05, 0) is 53.2 Å². The van der Waals surface area contributed by atoms with Gasteiger partial charge in [0.25, 0.3) is 5.22 Å². The molecule has 5 nitrogen and oxygen atoms in total. The Hall–Kier alpha value is -2.12. The topological polar surface area (TPSA) is 65.2 Å². The zero-order chi connectivity index (χ0) is 16.2. The molecule has 0 unspecified atom stereocenters. The monoisotopic (exact) mass is 346 g/mol. The number of carbonyl (C=O) groups is 1. The van der Waals surface area contributed by atoms with Gasteiger partial charge in [0.15, 0.2) is 0 Å². The number of thiophene rings is 1. The van der Waals surface area contributed by atoms with E-state index in [4.69, 9.17) is 9.15 Å². The van der Waals surface area contributed by atoms with Crippen molar-refractivity contribution in [1.29, 1.82) is 0 Å². The first-order valence-corrected chi connectivity index (χ1v) is 8.67. The fourth-order valence-corrected chi connectivity index (χ4v) is 3.62. The largest absolute Gasteiger partial charge is 0.468 e. The van der Waals surface area contributed by atoms with Crippen molar-refractivity contribution in [2.75, 3.05) is 7.11 Å². The van der Waals surface area contributed by atoms with Crippen LogP contribution in [-0.4, -0.2) is 23.3 Å². The molecule has 1 aromatic carbocycles. The van der Waals surface area contributed by atoms with Crippen molar-refractivity contribution in [3.05, 3.63) is 52.2 Å². The molecule has 2 aromatic heterocycles. The number of aryl methyl sites for hydroxylation is 1. The maximum atomic E-state index is 12.0. The number of hydrogen-bond donors (Lipinski definition) is 0. The molecule has 0 spiro atoms. The molecule has 0 aliphatic rings. The van der Waals surface area contributed by atoms with Gasteiger partial charge in [-0.2, -0.15) is 11.3 Å². The lowest BCUT2D eigenvalue weighted by Gasteiger charge is -2.09. The molecule has 118 valence electrons. The number of benzene rings is 1. The molecule has 0 aliphatic heterocycles. The van der Waals surface area contributed by atoms with Gasteiger partial charge in [0.1, 0.15) is 5.25 Å². The highest BCUT2D eigenvalue weighted by Gasteiger charge is 2.26. The van der Waals surface area contributed by atoms with Gasteiger partial charge >= 0.3 is 5.97 Å². The van der Waals surface area contributed by atoms with E-state index in [0.29, 0.717) is 11.1 Å². The Morgan fingerprint density at radius 1 is 1.26 bits per heavy atom. The van der Waals surface area contributed by atoms with Crippen molar-refractivity contribution in [1.82, 2.24) is 10.2 Å². The molecular formula is C16H14N2O3S2. The normalized spacial score (nSPS) is 12.1. The standard InChI is InChI=1S/C16H14N2O3S2/c1-10-3-5-11(6-4-10)14-17-18-16(21-14)23-13(15(19)20-2)12-7-8-22-9-12/h3-9,13H,1-2H3/t13-/m0/s1. The van der Waals surface area contributed by atoms with Crippen molar-refractivity contribution >= 4 is 29.1 Å². The zero-order valence-corrected chi connectivity index (χ0v) is 14.2. The number of rotatable bonds is 5. The first kappa shape index (κ1) is 15.8. The van der Waals surface area contributed by atoms with Gasteiger partial charge in [0, 0.05) is 5.56 Å². The number of thioether (sulfide) groups is 1. The van der Waals surface area contributed by atoms with Gasteiger partial charge in [-0.1, -0.05) is 17.7 Å². The van der Waals surface area contributed by atoms with Gasteiger partial charge in [-0.15, -0.1) is 10.2 Å². The minimum absolute atomic E-state index is 0.335. The summed E-state index contributed by atoms with van der Waals surface area (Å²) in [5, 5.41) is 11.7. The molecule has 3 aromatic rings. The van der Waals surface area contributed by atoms with Crippen LogP contribution in [-0.2, 0) is 9.53 Å². The van der Waals surface area contributed by atoms with Gasteiger partial charge in [0.05, 0.1) is 7.11 Å². The van der Waals surface area contributed by atoms with Crippen molar-refractivity contribution in [2.24, 2.45) is 0 Å². The van der Waals surface area contributed by atoms with Crippen molar-refractivity contribution in [2.45, 2.75) is 17.4 Å². The molecule has 1 atom stereocenters. The Morgan fingerprint density at radius 2 is 2.04 bits per heavy atom. The summed E-state index contributed by atoms with van der Waals surface area (Å²) in [5.41, 5.74) is 2.87. The fourth-order valence-electron chi connectivity index (χ4n) is 1.95. The minimum Gasteiger partial charge on any atom is -0.468 e. The Morgan fingerprint density at radius 3 is 2.70 bits per heavy atom. The van der Waals surface area contributed by atoms with E-state index in [2.05, 4.69) is 10.2 Å². The van der Waals surface area contributed by atoms with Crippen LogP contribution in [0.15, 0.2) is 50.7 Å². The summed E-state index contributed by atoms with van der Waals surface area (Å²) in [4.78, 5) is 12.0. The predicted molar refractivity (Wildman–Crippen MR) is 89.4 cm³/mol. The van der Waals surface area contributed by atoms with E-state index in [-0.39, 0.29) is 5.97 Å². The van der Waals surface area contributed by atoms with E-state index in [1.54, 1.807) is 0 Å². The highest BCUT2D eigenvalue weighted by atomic mass is 32.2. The van der Waals surface area contributed by atoms with Crippen LogP contribution in [0.1, 0.15) is 16.4 Å². The molecule has 0 saturated heterocycles. The molecule has 0 bridgehead atoms. The Balaban J connectivity index is 1.82. The molecule has 0 aliphatic carbocycles. The van der Waals surface area contributed by atoms with Crippen LogP contribution in [0, 0.1) is 6.92 Å². The average molecular weight is 346 g/mol. The van der Waals surface area contributed by atoms with E-state index in [1.165, 1.54) is 30.2 Å². The van der Waals surface area contributed by atoms with Crippen LogP contribution in [0.3, 0.4) is 0 Å². The molecule has 3 rings (SSSR count). The van der Waals surface area contributed by atoms with Crippen LogP contribution in [0.25, 0.3) is 11.5 Å². The molecule has 0 amide bonds. The van der Waals surface area contributed by atoms with E-state index < -0.39 is 5.25 Å². The second-order valence-electron chi connectivity index (χ2n) is 4.82. The molecule has 23 heavy (non-hydrogen) atoms. The lowest BCUT2D eigenvalue weighted by Crippen LogP contribution is -2.10. The Bertz CT molecular complexity index is 782. The summed E-state index contributed by atoms with van der Waals surface area (Å²) in [5.74, 6) is 0.0879.